The maximum absolute atomic E-state index is 12.8. The lowest BCUT2D eigenvalue weighted by Gasteiger charge is -2.22. The van der Waals surface area contributed by atoms with Gasteiger partial charge in [0.05, 0.1) is 21.8 Å². The molecule has 0 atom stereocenters. The van der Waals surface area contributed by atoms with Gasteiger partial charge in [-0.2, -0.15) is 0 Å². The standard InChI is InChI=1S/C27H33N5OS.3ClH/c33-27(24-20-23-21-29-25-11-4-12-26(34-24)32(23)25)28-13-6-15-31-17-7-16-30(18-19-31)14-5-10-22-8-2-1-3-9-22;;;/h1-4,8-9,11-12,20-21H,5-7,10,13-19H2,(H,28,33);3*1H. The van der Waals surface area contributed by atoms with Crippen LogP contribution in [0.3, 0.4) is 0 Å². The van der Waals surface area contributed by atoms with Crippen LogP contribution in [0, 0.1) is 0 Å². The molecular formula is C27H36Cl3N5OS. The first-order valence-corrected chi connectivity index (χ1v) is 13.2. The fourth-order valence-electron chi connectivity index (χ4n) is 4.81. The van der Waals surface area contributed by atoms with Crippen molar-refractivity contribution < 1.29 is 4.79 Å². The van der Waals surface area contributed by atoms with Gasteiger partial charge in [-0.05, 0) is 75.6 Å². The Balaban J connectivity index is 0.00000160. The molecular weight excluding hydrogens is 549 g/mol. The Hall–Kier alpha value is -1.74. The summed E-state index contributed by atoms with van der Waals surface area (Å²) < 4.78 is 2.09. The summed E-state index contributed by atoms with van der Waals surface area (Å²) in [6, 6.07) is 16.8. The van der Waals surface area contributed by atoms with Crippen molar-refractivity contribution in [2.75, 3.05) is 45.8 Å². The highest BCUT2D eigenvalue weighted by Gasteiger charge is 2.20. The summed E-state index contributed by atoms with van der Waals surface area (Å²) in [5.41, 5.74) is 3.32. The van der Waals surface area contributed by atoms with E-state index in [2.05, 4.69) is 54.8 Å². The van der Waals surface area contributed by atoms with Crippen LogP contribution >= 0.6 is 49.0 Å². The van der Waals surface area contributed by atoms with Crippen molar-refractivity contribution in [2.45, 2.75) is 30.7 Å². The molecule has 4 heterocycles. The lowest BCUT2D eigenvalue weighted by Crippen LogP contribution is -2.34. The molecule has 202 valence electrons. The number of hydrogen-bond acceptors (Lipinski definition) is 5. The molecule has 1 aromatic carbocycles. The van der Waals surface area contributed by atoms with Crippen molar-refractivity contribution >= 4 is 66.6 Å². The summed E-state index contributed by atoms with van der Waals surface area (Å²) in [5.74, 6) is 0.00918. The average molecular weight is 585 g/mol. The normalized spacial score (nSPS) is 15.5. The number of imidazole rings is 1. The van der Waals surface area contributed by atoms with Gasteiger partial charge in [0.1, 0.15) is 5.65 Å². The van der Waals surface area contributed by atoms with Crippen LogP contribution in [0.5, 0.6) is 0 Å². The van der Waals surface area contributed by atoms with Crippen LogP contribution in [0.2, 0.25) is 0 Å². The van der Waals surface area contributed by atoms with Crippen LogP contribution in [-0.2, 0) is 11.2 Å². The van der Waals surface area contributed by atoms with Crippen LogP contribution in [0.1, 0.15) is 30.5 Å². The average Bonchev–Trinajstić information content (AvgIpc) is 3.15. The number of hydrogen-bond donors (Lipinski definition) is 1. The second-order valence-corrected chi connectivity index (χ2v) is 10.1. The second kappa shape index (κ2) is 15.6. The Bertz CT molecular complexity index is 1160. The Kier molecular flexibility index (Phi) is 13.3. The van der Waals surface area contributed by atoms with E-state index in [1.165, 1.54) is 43.3 Å². The van der Waals surface area contributed by atoms with E-state index in [9.17, 15) is 4.79 Å². The van der Waals surface area contributed by atoms with Crippen molar-refractivity contribution in [3.8, 4) is 0 Å². The summed E-state index contributed by atoms with van der Waals surface area (Å²) in [4.78, 5) is 23.1. The van der Waals surface area contributed by atoms with Gasteiger partial charge in [-0.1, -0.05) is 48.2 Å². The molecule has 2 aromatic heterocycles. The van der Waals surface area contributed by atoms with Crippen LogP contribution < -0.4 is 5.32 Å². The molecule has 6 nitrogen and oxygen atoms in total. The fraction of sp³-hybridized carbons (Fsp3) is 0.407. The molecule has 0 spiro atoms. The van der Waals surface area contributed by atoms with Gasteiger partial charge in [-0.25, -0.2) is 4.98 Å². The van der Waals surface area contributed by atoms with E-state index in [0.717, 1.165) is 60.3 Å². The first-order valence-electron chi connectivity index (χ1n) is 12.4. The van der Waals surface area contributed by atoms with E-state index in [-0.39, 0.29) is 43.1 Å². The SMILES string of the molecule is Cl.Cl.Cl.O=C(NCCCN1CCCN(CCCc2ccccc2)CC1)C1=Cc2cnc3cccc(n23)S1. The third-order valence-corrected chi connectivity index (χ3v) is 7.69. The summed E-state index contributed by atoms with van der Waals surface area (Å²) in [5, 5.41) is 4.16. The van der Waals surface area contributed by atoms with Gasteiger partial charge in [0, 0.05) is 19.6 Å². The zero-order chi connectivity index (χ0) is 23.2. The Morgan fingerprint density at radius 3 is 2.38 bits per heavy atom. The predicted molar refractivity (Wildman–Crippen MR) is 161 cm³/mol. The number of carbonyl (C=O) groups excluding carboxylic acids is 1. The molecule has 0 radical (unpaired) electrons. The monoisotopic (exact) mass is 583 g/mol. The van der Waals surface area contributed by atoms with Gasteiger partial charge in [0.15, 0.2) is 0 Å². The van der Waals surface area contributed by atoms with Crippen molar-refractivity contribution in [3.05, 3.63) is 70.9 Å². The molecule has 0 unspecified atom stereocenters. The molecule has 5 rings (SSSR count). The maximum Gasteiger partial charge on any atom is 0.258 e. The first kappa shape index (κ1) is 31.5. The van der Waals surface area contributed by atoms with E-state index in [4.69, 9.17) is 0 Å². The highest BCUT2D eigenvalue weighted by atomic mass is 35.5. The molecule has 1 amide bonds. The van der Waals surface area contributed by atoms with Gasteiger partial charge >= 0.3 is 0 Å². The molecule has 0 saturated carbocycles. The summed E-state index contributed by atoms with van der Waals surface area (Å²) in [7, 11) is 0. The maximum atomic E-state index is 12.8. The number of pyridine rings is 1. The second-order valence-electron chi connectivity index (χ2n) is 9.09. The summed E-state index contributed by atoms with van der Waals surface area (Å²) >= 11 is 1.51. The number of amides is 1. The number of nitrogens with zero attached hydrogens (tertiary/aromatic N) is 4. The van der Waals surface area contributed by atoms with Gasteiger partial charge in [0.25, 0.3) is 5.91 Å². The zero-order valence-corrected chi connectivity index (χ0v) is 24.1. The number of carbonyl (C=O) groups is 1. The molecule has 1 fully saturated rings. The van der Waals surface area contributed by atoms with Gasteiger partial charge in [0.2, 0.25) is 0 Å². The number of halogens is 3. The highest BCUT2D eigenvalue weighted by Crippen LogP contribution is 2.34. The lowest BCUT2D eigenvalue weighted by atomic mass is 10.1. The van der Waals surface area contributed by atoms with Crippen molar-refractivity contribution in [2.24, 2.45) is 0 Å². The smallest absolute Gasteiger partial charge is 0.258 e. The minimum atomic E-state index is 0. The molecule has 0 aliphatic carbocycles. The Morgan fingerprint density at radius 2 is 1.62 bits per heavy atom. The van der Waals surface area contributed by atoms with Gasteiger partial charge in [-0.3, -0.25) is 9.20 Å². The van der Waals surface area contributed by atoms with Crippen LogP contribution in [-0.4, -0.2) is 70.9 Å². The molecule has 0 bridgehead atoms. The predicted octanol–water partition coefficient (Wildman–Crippen LogP) is 5.19. The van der Waals surface area contributed by atoms with E-state index in [1.54, 1.807) is 0 Å². The van der Waals surface area contributed by atoms with Crippen molar-refractivity contribution in [3.63, 3.8) is 0 Å². The third kappa shape index (κ3) is 8.37. The van der Waals surface area contributed by atoms with Crippen LogP contribution in [0.15, 0.2) is 64.7 Å². The molecule has 2 aliphatic heterocycles. The minimum Gasteiger partial charge on any atom is -0.352 e. The summed E-state index contributed by atoms with van der Waals surface area (Å²) in [6.45, 7) is 7.53. The molecule has 37 heavy (non-hydrogen) atoms. The van der Waals surface area contributed by atoms with Gasteiger partial charge < -0.3 is 15.1 Å². The molecule has 3 aromatic rings. The molecule has 10 heteroatoms. The number of rotatable bonds is 9. The molecule has 2 aliphatic rings. The van der Waals surface area contributed by atoms with Crippen LogP contribution in [0.4, 0.5) is 0 Å². The largest absolute Gasteiger partial charge is 0.352 e. The zero-order valence-electron chi connectivity index (χ0n) is 20.9. The molecule has 1 saturated heterocycles. The first-order chi connectivity index (χ1) is 16.8. The molecule has 1 N–H and O–H groups in total. The Labute approximate surface area is 242 Å². The highest BCUT2D eigenvalue weighted by molar-refractivity contribution is 8.04. The fourth-order valence-corrected chi connectivity index (χ4v) is 5.82. The topological polar surface area (TPSA) is 52.9 Å². The van der Waals surface area contributed by atoms with E-state index in [1.807, 2.05) is 30.5 Å². The van der Waals surface area contributed by atoms with E-state index >= 15 is 0 Å². The van der Waals surface area contributed by atoms with Gasteiger partial charge in [-0.15, -0.1) is 37.2 Å². The number of benzene rings is 1. The van der Waals surface area contributed by atoms with E-state index in [0.29, 0.717) is 6.54 Å². The third-order valence-electron chi connectivity index (χ3n) is 6.64. The van der Waals surface area contributed by atoms with Crippen molar-refractivity contribution in [1.82, 2.24) is 24.5 Å². The number of thioether (sulfide) groups is 1. The quantitative estimate of drug-likeness (QED) is 0.351. The number of aromatic nitrogens is 2. The van der Waals surface area contributed by atoms with Crippen molar-refractivity contribution in [1.29, 1.82) is 0 Å². The summed E-state index contributed by atoms with van der Waals surface area (Å²) in [6.07, 6.45) is 8.35. The van der Waals surface area contributed by atoms with Crippen LogP contribution in [0.25, 0.3) is 11.7 Å². The Morgan fingerprint density at radius 1 is 0.892 bits per heavy atom. The van der Waals surface area contributed by atoms with E-state index < -0.39 is 0 Å². The minimum absolute atomic E-state index is 0. The lowest BCUT2D eigenvalue weighted by molar-refractivity contribution is -0.116. The number of aryl methyl sites for hydroxylation is 1. The number of nitrogens with one attached hydrogen (secondary N) is 1.